The van der Waals surface area contributed by atoms with Gasteiger partial charge in [-0.25, -0.2) is 8.42 Å². The molecule has 0 saturated heterocycles. The molecular weight excluding hydrogens is 330 g/mol. The third-order valence-corrected chi connectivity index (χ3v) is 5.04. The Morgan fingerprint density at radius 2 is 1.96 bits per heavy atom. The molecule has 7 nitrogen and oxygen atoms in total. The zero-order chi connectivity index (χ0) is 17.7. The molecule has 0 radical (unpaired) electrons. The fourth-order valence-electron chi connectivity index (χ4n) is 1.98. The summed E-state index contributed by atoms with van der Waals surface area (Å²) in [5, 5.41) is 6.68. The number of carbonyl (C=O) groups excluding carboxylic acids is 1. The predicted molar refractivity (Wildman–Crippen MR) is 91.2 cm³/mol. The van der Waals surface area contributed by atoms with Gasteiger partial charge in [-0.2, -0.15) is 5.10 Å². The fraction of sp³-hybridized carbons (Fsp3) is 0.250. The topological polar surface area (TPSA) is 90.3 Å². The summed E-state index contributed by atoms with van der Waals surface area (Å²) in [6.45, 7) is 3.88. The van der Waals surface area contributed by atoms with E-state index in [2.05, 4.69) is 17.0 Å². The molecule has 0 saturated carbocycles. The van der Waals surface area contributed by atoms with Crippen LogP contribution in [0.5, 0.6) is 0 Å². The standard InChI is InChI=1S/C16H19N3O4S/c1-12(16(20)17-15-8-9-19(2)18-15)13-4-6-14(7-5-13)24(21,22)11-10-23-3/h4-9H,1,10-11H2,2-3H3,(H,17,18,20). The summed E-state index contributed by atoms with van der Waals surface area (Å²) in [7, 11) is -0.208. The molecule has 0 unspecified atom stereocenters. The zero-order valence-electron chi connectivity index (χ0n) is 13.5. The van der Waals surface area contributed by atoms with Gasteiger partial charge in [0.05, 0.1) is 17.3 Å². The lowest BCUT2D eigenvalue weighted by molar-refractivity contribution is -0.111. The Labute approximate surface area is 140 Å². The van der Waals surface area contributed by atoms with Gasteiger partial charge in [0.1, 0.15) is 0 Å². The van der Waals surface area contributed by atoms with Crippen LogP contribution in [0.2, 0.25) is 0 Å². The van der Waals surface area contributed by atoms with Gasteiger partial charge in [-0.1, -0.05) is 18.7 Å². The number of carbonyl (C=O) groups is 1. The maximum absolute atomic E-state index is 12.2. The quantitative estimate of drug-likeness (QED) is 0.765. The summed E-state index contributed by atoms with van der Waals surface area (Å²) < 4.78 is 30.5. The van der Waals surface area contributed by atoms with Gasteiger partial charge in [-0.3, -0.25) is 9.48 Å². The van der Waals surface area contributed by atoms with Crippen molar-refractivity contribution in [3.8, 4) is 0 Å². The first-order valence-corrected chi connectivity index (χ1v) is 8.81. The third kappa shape index (κ3) is 4.30. The van der Waals surface area contributed by atoms with Crippen molar-refractivity contribution in [2.24, 2.45) is 7.05 Å². The zero-order valence-corrected chi connectivity index (χ0v) is 14.3. The van der Waals surface area contributed by atoms with Crippen LogP contribution in [0.1, 0.15) is 5.56 Å². The number of aromatic nitrogens is 2. The summed E-state index contributed by atoms with van der Waals surface area (Å²) in [6.07, 6.45) is 1.71. The molecule has 1 aromatic heterocycles. The summed E-state index contributed by atoms with van der Waals surface area (Å²) in [5.74, 6) is -0.0738. The molecule has 0 spiro atoms. The van der Waals surface area contributed by atoms with E-state index >= 15 is 0 Å². The summed E-state index contributed by atoms with van der Waals surface area (Å²) >= 11 is 0. The molecule has 1 heterocycles. The lowest BCUT2D eigenvalue weighted by Gasteiger charge is -2.08. The van der Waals surface area contributed by atoms with Crippen LogP contribution in [0, 0.1) is 0 Å². The van der Waals surface area contributed by atoms with Crippen molar-refractivity contribution in [2.45, 2.75) is 4.90 Å². The number of rotatable bonds is 7. The minimum atomic E-state index is -3.40. The van der Waals surface area contributed by atoms with Crippen LogP contribution in [-0.2, 0) is 26.4 Å². The number of hydrogen-bond acceptors (Lipinski definition) is 5. The van der Waals surface area contributed by atoms with E-state index in [1.807, 2.05) is 0 Å². The Morgan fingerprint density at radius 3 is 2.50 bits per heavy atom. The average molecular weight is 349 g/mol. The van der Waals surface area contributed by atoms with Gasteiger partial charge in [-0.15, -0.1) is 0 Å². The number of anilines is 1. The lowest BCUT2D eigenvalue weighted by Crippen LogP contribution is -2.14. The van der Waals surface area contributed by atoms with Crippen molar-refractivity contribution in [3.05, 3.63) is 48.7 Å². The Morgan fingerprint density at radius 1 is 1.29 bits per heavy atom. The molecule has 0 aliphatic carbocycles. The summed E-state index contributed by atoms with van der Waals surface area (Å²) in [4.78, 5) is 12.3. The minimum Gasteiger partial charge on any atom is -0.384 e. The van der Waals surface area contributed by atoms with E-state index in [0.717, 1.165) is 0 Å². The van der Waals surface area contributed by atoms with Crippen LogP contribution in [-0.4, -0.2) is 43.6 Å². The second-order valence-corrected chi connectivity index (χ2v) is 7.25. The molecule has 8 heteroatoms. The van der Waals surface area contributed by atoms with Gasteiger partial charge in [0.2, 0.25) is 0 Å². The van der Waals surface area contributed by atoms with Crippen molar-refractivity contribution in [3.63, 3.8) is 0 Å². The van der Waals surface area contributed by atoms with Crippen molar-refractivity contribution in [2.75, 3.05) is 24.8 Å². The second kappa shape index (κ2) is 7.41. The van der Waals surface area contributed by atoms with E-state index in [0.29, 0.717) is 11.4 Å². The minimum absolute atomic E-state index is 0.0933. The van der Waals surface area contributed by atoms with E-state index in [1.54, 1.807) is 36.1 Å². The maximum Gasteiger partial charge on any atom is 0.256 e. The van der Waals surface area contributed by atoms with E-state index in [-0.39, 0.29) is 22.8 Å². The van der Waals surface area contributed by atoms with Gasteiger partial charge in [0.25, 0.3) is 5.91 Å². The SMILES string of the molecule is C=C(C(=O)Nc1ccn(C)n1)c1ccc(S(=O)(=O)CCOC)cc1. The number of ether oxygens (including phenoxy) is 1. The van der Waals surface area contributed by atoms with Crippen molar-refractivity contribution in [1.29, 1.82) is 0 Å². The van der Waals surface area contributed by atoms with E-state index < -0.39 is 15.7 Å². The molecule has 1 amide bonds. The molecule has 1 aromatic carbocycles. The monoisotopic (exact) mass is 349 g/mol. The van der Waals surface area contributed by atoms with Gasteiger partial charge in [0.15, 0.2) is 15.7 Å². The molecule has 2 aromatic rings. The Kier molecular flexibility index (Phi) is 5.53. The average Bonchev–Trinajstić information content (AvgIpc) is 2.97. The Bertz CT molecular complexity index is 838. The first-order valence-electron chi connectivity index (χ1n) is 7.15. The van der Waals surface area contributed by atoms with Crippen LogP contribution < -0.4 is 5.32 Å². The summed E-state index contributed by atoms with van der Waals surface area (Å²) in [6, 6.07) is 7.69. The van der Waals surface area contributed by atoms with Crippen LogP contribution >= 0.6 is 0 Å². The van der Waals surface area contributed by atoms with Gasteiger partial charge in [-0.05, 0) is 17.7 Å². The van der Waals surface area contributed by atoms with Crippen molar-refractivity contribution in [1.82, 2.24) is 9.78 Å². The molecule has 0 aliphatic heterocycles. The molecule has 0 fully saturated rings. The predicted octanol–water partition coefficient (Wildman–Crippen LogP) is 1.49. The number of sulfone groups is 1. The molecule has 0 atom stereocenters. The molecule has 24 heavy (non-hydrogen) atoms. The maximum atomic E-state index is 12.2. The van der Waals surface area contributed by atoms with Gasteiger partial charge >= 0.3 is 0 Å². The van der Waals surface area contributed by atoms with E-state index in [9.17, 15) is 13.2 Å². The molecule has 128 valence electrons. The molecule has 0 aliphatic rings. The first-order chi connectivity index (χ1) is 11.3. The number of methoxy groups -OCH3 is 1. The Hall–Kier alpha value is -2.45. The summed E-state index contributed by atoms with van der Waals surface area (Å²) in [5.41, 5.74) is 0.760. The van der Waals surface area contributed by atoms with Crippen LogP contribution in [0.3, 0.4) is 0 Å². The van der Waals surface area contributed by atoms with Crippen LogP contribution in [0.4, 0.5) is 5.82 Å². The van der Waals surface area contributed by atoms with Crippen LogP contribution in [0.25, 0.3) is 5.57 Å². The van der Waals surface area contributed by atoms with Gasteiger partial charge < -0.3 is 10.1 Å². The van der Waals surface area contributed by atoms with Crippen molar-refractivity contribution < 1.29 is 17.9 Å². The second-order valence-electron chi connectivity index (χ2n) is 5.14. The number of aryl methyl sites for hydroxylation is 1. The Balaban J connectivity index is 2.09. The van der Waals surface area contributed by atoms with E-state index in [4.69, 9.17) is 4.74 Å². The molecule has 1 N–H and O–H groups in total. The first kappa shape index (κ1) is 17.9. The smallest absolute Gasteiger partial charge is 0.256 e. The molecule has 0 bridgehead atoms. The lowest BCUT2D eigenvalue weighted by atomic mass is 10.1. The van der Waals surface area contributed by atoms with Gasteiger partial charge in [0, 0.05) is 32.0 Å². The number of hydrogen-bond donors (Lipinski definition) is 1. The third-order valence-electron chi connectivity index (χ3n) is 3.35. The largest absolute Gasteiger partial charge is 0.384 e. The highest BCUT2D eigenvalue weighted by molar-refractivity contribution is 7.91. The number of amides is 1. The molecule has 2 rings (SSSR count). The fourth-order valence-corrected chi connectivity index (χ4v) is 3.15. The highest BCUT2D eigenvalue weighted by Gasteiger charge is 2.16. The number of nitrogens with zero attached hydrogens (tertiary/aromatic N) is 2. The van der Waals surface area contributed by atoms with E-state index in [1.165, 1.54) is 19.2 Å². The highest BCUT2D eigenvalue weighted by atomic mass is 32.2. The normalized spacial score (nSPS) is 11.2. The van der Waals surface area contributed by atoms with Crippen LogP contribution in [0.15, 0.2) is 48.0 Å². The number of nitrogens with one attached hydrogen (secondary N) is 1. The molecular formula is C16H19N3O4S. The highest BCUT2D eigenvalue weighted by Crippen LogP contribution is 2.18. The van der Waals surface area contributed by atoms with Crippen molar-refractivity contribution >= 4 is 27.1 Å². The number of benzene rings is 1.